The summed E-state index contributed by atoms with van der Waals surface area (Å²) in [5.41, 5.74) is 0. The van der Waals surface area contributed by atoms with E-state index in [1.54, 1.807) is 0 Å². The summed E-state index contributed by atoms with van der Waals surface area (Å²) in [5, 5.41) is 9.73. The van der Waals surface area contributed by atoms with Gasteiger partial charge in [-0.25, -0.2) is 8.78 Å². The molecule has 84 valence electrons. The van der Waals surface area contributed by atoms with Gasteiger partial charge in [-0.2, -0.15) is 0 Å². The summed E-state index contributed by atoms with van der Waals surface area (Å²) in [7, 11) is 0. The van der Waals surface area contributed by atoms with Crippen LogP contribution in [0.25, 0.3) is 0 Å². The number of aliphatic hydroxyl groups excluding tert-OH is 1. The van der Waals surface area contributed by atoms with E-state index in [1.807, 2.05) is 0 Å². The van der Waals surface area contributed by atoms with Gasteiger partial charge >= 0.3 is 0 Å². The second-order valence-corrected chi connectivity index (χ2v) is 4.40. The van der Waals surface area contributed by atoms with Gasteiger partial charge < -0.3 is 5.11 Å². The molecule has 1 aliphatic carbocycles. The highest BCUT2D eigenvalue weighted by atomic mass is 19.3. The van der Waals surface area contributed by atoms with Crippen LogP contribution in [0.2, 0.25) is 0 Å². The minimum Gasteiger partial charge on any atom is -0.393 e. The maximum atomic E-state index is 12.8. The van der Waals surface area contributed by atoms with E-state index in [2.05, 4.69) is 6.92 Å². The van der Waals surface area contributed by atoms with Gasteiger partial charge in [-0.15, -0.1) is 0 Å². The summed E-state index contributed by atoms with van der Waals surface area (Å²) in [4.78, 5) is 0. The molecule has 1 saturated carbocycles. The van der Waals surface area contributed by atoms with Crippen molar-refractivity contribution >= 4 is 0 Å². The Morgan fingerprint density at radius 3 is 2.43 bits per heavy atom. The van der Waals surface area contributed by atoms with Crippen molar-refractivity contribution < 1.29 is 13.9 Å². The first-order valence-electron chi connectivity index (χ1n) is 5.61. The minimum atomic E-state index is -2.47. The fraction of sp³-hybridized carbons (Fsp3) is 1.00. The van der Waals surface area contributed by atoms with Crippen LogP contribution in [0.5, 0.6) is 0 Å². The number of hydrogen-bond donors (Lipinski definition) is 1. The minimum absolute atomic E-state index is 0.0408. The Bertz CT molecular complexity index is 161. The van der Waals surface area contributed by atoms with E-state index >= 15 is 0 Å². The van der Waals surface area contributed by atoms with Crippen molar-refractivity contribution in [1.29, 1.82) is 0 Å². The zero-order chi connectivity index (χ0) is 10.6. The molecule has 1 unspecified atom stereocenters. The lowest BCUT2D eigenvalue weighted by Gasteiger charge is -2.31. The molecule has 0 aromatic carbocycles. The van der Waals surface area contributed by atoms with Crippen molar-refractivity contribution in [3.63, 3.8) is 0 Å². The number of unbranched alkanes of at least 4 members (excludes halogenated alkanes) is 1. The van der Waals surface area contributed by atoms with Crippen LogP contribution in [-0.4, -0.2) is 17.1 Å². The summed E-state index contributed by atoms with van der Waals surface area (Å²) in [6.45, 7) is 2.07. The molecule has 1 N–H and O–H groups in total. The lowest BCUT2D eigenvalue weighted by atomic mass is 9.82. The Morgan fingerprint density at radius 1 is 1.36 bits per heavy atom. The third-order valence-corrected chi connectivity index (χ3v) is 3.16. The topological polar surface area (TPSA) is 20.2 Å². The lowest BCUT2D eigenvalue weighted by molar-refractivity contribution is -0.0631. The molecule has 14 heavy (non-hydrogen) atoms. The molecule has 0 bridgehead atoms. The van der Waals surface area contributed by atoms with Crippen molar-refractivity contribution in [3.8, 4) is 0 Å². The number of rotatable bonds is 4. The largest absolute Gasteiger partial charge is 0.393 e. The number of aliphatic hydroxyl groups is 1. The highest BCUT2D eigenvalue weighted by molar-refractivity contribution is 4.81. The zero-order valence-corrected chi connectivity index (χ0v) is 8.81. The van der Waals surface area contributed by atoms with Crippen molar-refractivity contribution in [2.24, 2.45) is 5.92 Å². The van der Waals surface area contributed by atoms with Crippen molar-refractivity contribution in [1.82, 2.24) is 0 Å². The summed E-state index contributed by atoms with van der Waals surface area (Å²) < 4.78 is 25.6. The number of hydrogen-bond acceptors (Lipinski definition) is 1. The summed E-state index contributed by atoms with van der Waals surface area (Å²) in [6, 6.07) is 0. The average Bonchev–Trinajstić information content (AvgIpc) is 2.14. The first kappa shape index (κ1) is 11.9. The van der Waals surface area contributed by atoms with E-state index in [9.17, 15) is 13.9 Å². The number of halogens is 2. The predicted octanol–water partition coefficient (Wildman–Crippen LogP) is 3.36. The van der Waals surface area contributed by atoms with Crippen LogP contribution in [0.1, 0.15) is 51.9 Å². The molecular weight excluding hydrogens is 186 g/mol. The van der Waals surface area contributed by atoms with Gasteiger partial charge in [0, 0.05) is 12.8 Å². The molecular formula is C11H20F2O. The second-order valence-electron chi connectivity index (χ2n) is 4.40. The average molecular weight is 206 g/mol. The first-order valence-corrected chi connectivity index (χ1v) is 5.61. The van der Waals surface area contributed by atoms with Gasteiger partial charge in [0.2, 0.25) is 5.92 Å². The van der Waals surface area contributed by atoms with Crippen molar-refractivity contribution in [2.45, 2.75) is 63.9 Å². The van der Waals surface area contributed by atoms with Crippen LogP contribution in [-0.2, 0) is 0 Å². The van der Waals surface area contributed by atoms with Gasteiger partial charge in [-0.3, -0.25) is 0 Å². The predicted molar refractivity (Wildman–Crippen MR) is 52.4 cm³/mol. The van der Waals surface area contributed by atoms with E-state index in [0.717, 1.165) is 19.3 Å². The maximum Gasteiger partial charge on any atom is 0.248 e. The van der Waals surface area contributed by atoms with Crippen LogP contribution in [0, 0.1) is 5.92 Å². The molecule has 0 spiro atoms. The Labute approximate surface area is 84.5 Å². The standard InChI is InChI=1S/C11H20F2O/c1-2-3-4-10(14)9-5-7-11(12,13)8-6-9/h9-10,14H,2-8H2,1H3. The first-order chi connectivity index (χ1) is 6.55. The van der Waals surface area contributed by atoms with Crippen LogP contribution >= 0.6 is 0 Å². The van der Waals surface area contributed by atoms with Crippen LogP contribution < -0.4 is 0 Å². The molecule has 0 heterocycles. The monoisotopic (exact) mass is 206 g/mol. The van der Waals surface area contributed by atoms with Crippen molar-refractivity contribution in [2.75, 3.05) is 0 Å². The van der Waals surface area contributed by atoms with E-state index in [4.69, 9.17) is 0 Å². The quantitative estimate of drug-likeness (QED) is 0.747. The molecule has 0 aromatic rings. The fourth-order valence-electron chi connectivity index (χ4n) is 2.10. The molecule has 0 amide bonds. The molecule has 1 nitrogen and oxygen atoms in total. The Balaban J connectivity index is 2.27. The third-order valence-electron chi connectivity index (χ3n) is 3.16. The summed E-state index contributed by atoms with van der Waals surface area (Å²) in [5.74, 6) is -2.36. The summed E-state index contributed by atoms with van der Waals surface area (Å²) >= 11 is 0. The lowest BCUT2D eigenvalue weighted by Crippen LogP contribution is -2.31. The molecule has 0 radical (unpaired) electrons. The third kappa shape index (κ3) is 3.52. The molecule has 3 heteroatoms. The smallest absolute Gasteiger partial charge is 0.248 e. The SMILES string of the molecule is CCCCC(O)C1CCC(F)(F)CC1. The van der Waals surface area contributed by atoms with Gasteiger partial charge in [0.15, 0.2) is 0 Å². The molecule has 1 atom stereocenters. The van der Waals surface area contributed by atoms with Crippen molar-refractivity contribution in [3.05, 3.63) is 0 Å². The van der Waals surface area contributed by atoms with Gasteiger partial charge in [-0.05, 0) is 25.2 Å². The van der Waals surface area contributed by atoms with E-state index < -0.39 is 5.92 Å². The van der Waals surface area contributed by atoms with Gasteiger partial charge in [0.05, 0.1) is 6.10 Å². The van der Waals surface area contributed by atoms with E-state index in [0.29, 0.717) is 12.8 Å². The van der Waals surface area contributed by atoms with Crippen LogP contribution in [0.4, 0.5) is 8.78 Å². The summed E-state index contributed by atoms with van der Waals surface area (Å²) in [6.07, 6.45) is 3.35. The zero-order valence-electron chi connectivity index (χ0n) is 8.81. The Morgan fingerprint density at radius 2 is 1.93 bits per heavy atom. The van der Waals surface area contributed by atoms with Gasteiger partial charge in [0.1, 0.15) is 0 Å². The molecule has 1 aliphatic rings. The normalized spacial score (nSPS) is 24.9. The molecule has 0 aromatic heterocycles. The molecule has 0 saturated heterocycles. The second kappa shape index (κ2) is 5.06. The molecule has 1 rings (SSSR count). The highest BCUT2D eigenvalue weighted by Crippen LogP contribution is 2.38. The Hall–Kier alpha value is -0.180. The van der Waals surface area contributed by atoms with Crippen LogP contribution in [0.15, 0.2) is 0 Å². The van der Waals surface area contributed by atoms with Crippen LogP contribution in [0.3, 0.4) is 0 Å². The maximum absolute atomic E-state index is 12.8. The molecule has 0 aliphatic heterocycles. The van der Waals surface area contributed by atoms with E-state index in [-0.39, 0.29) is 24.9 Å². The fourth-order valence-corrected chi connectivity index (χ4v) is 2.10. The van der Waals surface area contributed by atoms with Gasteiger partial charge in [0.25, 0.3) is 0 Å². The van der Waals surface area contributed by atoms with E-state index in [1.165, 1.54) is 0 Å². The van der Waals surface area contributed by atoms with Gasteiger partial charge in [-0.1, -0.05) is 19.8 Å². The Kier molecular flexibility index (Phi) is 4.30. The number of alkyl halides is 2. The molecule has 1 fully saturated rings. The highest BCUT2D eigenvalue weighted by Gasteiger charge is 2.36.